The molecule has 0 radical (unpaired) electrons. The maximum absolute atomic E-state index is 4.43. The largest absolute Gasteiger partial charge is 0.382 e. The molecule has 1 aromatic heterocycles. The van der Waals surface area contributed by atoms with Crippen LogP contribution < -0.4 is 10.2 Å². The lowest BCUT2D eigenvalue weighted by atomic mass is 10.2. The monoisotopic (exact) mass is 191 g/mol. The van der Waals surface area contributed by atoms with Gasteiger partial charge < -0.3 is 10.2 Å². The van der Waals surface area contributed by atoms with Gasteiger partial charge in [-0.15, -0.1) is 0 Å². The molecule has 14 heavy (non-hydrogen) atoms. The average Bonchev–Trinajstić information content (AvgIpc) is 2.38. The van der Waals surface area contributed by atoms with Gasteiger partial charge in [-0.05, 0) is 25.0 Å². The van der Waals surface area contributed by atoms with Gasteiger partial charge in [0.05, 0.1) is 5.69 Å². The van der Waals surface area contributed by atoms with Crippen molar-refractivity contribution in [1.29, 1.82) is 0 Å². The Morgan fingerprint density at radius 1 is 1.64 bits per heavy atom. The van der Waals surface area contributed by atoms with E-state index < -0.39 is 0 Å². The van der Waals surface area contributed by atoms with Crippen LogP contribution >= 0.6 is 0 Å². The number of nitrogens with zero attached hydrogens (tertiary/aromatic N) is 2. The van der Waals surface area contributed by atoms with E-state index in [-0.39, 0.29) is 0 Å². The Morgan fingerprint density at radius 2 is 2.50 bits per heavy atom. The molecule has 0 aliphatic carbocycles. The second-order valence-corrected chi connectivity index (χ2v) is 3.90. The Hall–Kier alpha value is -1.25. The first-order valence-corrected chi connectivity index (χ1v) is 5.25. The number of hydrogen-bond donors (Lipinski definition) is 1. The van der Waals surface area contributed by atoms with Crippen molar-refractivity contribution in [2.75, 3.05) is 29.9 Å². The first-order valence-electron chi connectivity index (χ1n) is 5.25. The highest BCUT2D eigenvalue weighted by Gasteiger charge is 2.18. The summed E-state index contributed by atoms with van der Waals surface area (Å²) in [7, 11) is 0. The van der Waals surface area contributed by atoms with E-state index in [4.69, 9.17) is 0 Å². The fourth-order valence-corrected chi connectivity index (χ4v) is 1.88. The maximum atomic E-state index is 4.43. The molecule has 0 saturated heterocycles. The van der Waals surface area contributed by atoms with Crippen LogP contribution in [0.4, 0.5) is 11.5 Å². The lowest BCUT2D eigenvalue weighted by molar-refractivity contribution is 0.600. The van der Waals surface area contributed by atoms with Crippen LogP contribution in [0.3, 0.4) is 0 Å². The predicted molar refractivity (Wildman–Crippen MR) is 59.8 cm³/mol. The summed E-state index contributed by atoms with van der Waals surface area (Å²) in [4.78, 5) is 6.76. The van der Waals surface area contributed by atoms with E-state index in [0.29, 0.717) is 5.92 Å². The molecule has 2 heterocycles. The van der Waals surface area contributed by atoms with E-state index >= 15 is 0 Å². The molecule has 0 spiro atoms. The molecule has 1 aliphatic rings. The van der Waals surface area contributed by atoms with Crippen molar-refractivity contribution in [2.45, 2.75) is 13.8 Å². The van der Waals surface area contributed by atoms with Crippen molar-refractivity contribution in [3.05, 3.63) is 18.3 Å². The van der Waals surface area contributed by atoms with Crippen molar-refractivity contribution in [3.63, 3.8) is 0 Å². The normalized spacial score (nSPS) is 21.0. The Bertz CT molecular complexity index is 311. The molecular weight excluding hydrogens is 174 g/mol. The molecule has 0 bridgehead atoms. The van der Waals surface area contributed by atoms with Crippen LogP contribution in [0.5, 0.6) is 0 Å². The van der Waals surface area contributed by atoms with Gasteiger partial charge in [-0.3, -0.25) is 0 Å². The van der Waals surface area contributed by atoms with Crippen LogP contribution in [0.15, 0.2) is 18.3 Å². The third kappa shape index (κ3) is 1.67. The van der Waals surface area contributed by atoms with Crippen LogP contribution in [0, 0.1) is 5.92 Å². The molecule has 2 rings (SSSR count). The highest BCUT2D eigenvalue weighted by atomic mass is 15.2. The SMILES string of the molecule is CCN1CC(C)CNc2cccnc21. The lowest BCUT2D eigenvalue weighted by Crippen LogP contribution is -2.28. The number of hydrogen-bond acceptors (Lipinski definition) is 3. The third-order valence-corrected chi connectivity index (χ3v) is 2.64. The number of aromatic nitrogens is 1. The molecule has 0 aromatic carbocycles. The van der Waals surface area contributed by atoms with Crippen molar-refractivity contribution in [1.82, 2.24) is 4.98 Å². The number of fused-ring (bicyclic) bond motifs is 1. The molecule has 0 amide bonds. The molecule has 1 unspecified atom stereocenters. The van der Waals surface area contributed by atoms with Crippen LogP contribution in [-0.4, -0.2) is 24.6 Å². The van der Waals surface area contributed by atoms with E-state index in [1.165, 1.54) is 5.69 Å². The van der Waals surface area contributed by atoms with Crippen LogP contribution in [0.2, 0.25) is 0 Å². The predicted octanol–water partition coefficient (Wildman–Crippen LogP) is 1.97. The average molecular weight is 191 g/mol. The Labute approximate surface area is 85.1 Å². The van der Waals surface area contributed by atoms with E-state index in [9.17, 15) is 0 Å². The molecule has 0 saturated carbocycles. The Balaban J connectivity index is 2.34. The van der Waals surface area contributed by atoms with Gasteiger partial charge in [0, 0.05) is 25.8 Å². The molecule has 3 nitrogen and oxygen atoms in total. The molecule has 1 atom stereocenters. The zero-order chi connectivity index (χ0) is 9.97. The summed E-state index contributed by atoms with van der Waals surface area (Å²) in [6.07, 6.45) is 1.86. The van der Waals surface area contributed by atoms with Crippen LogP contribution in [0.1, 0.15) is 13.8 Å². The molecule has 1 N–H and O–H groups in total. The number of pyridine rings is 1. The zero-order valence-electron chi connectivity index (χ0n) is 8.83. The molecular formula is C11H17N3. The lowest BCUT2D eigenvalue weighted by Gasteiger charge is -2.22. The minimum atomic E-state index is 0.671. The van der Waals surface area contributed by atoms with E-state index in [2.05, 4.69) is 35.1 Å². The third-order valence-electron chi connectivity index (χ3n) is 2.64. The highest BCUT2D eigenvalue weighted by Crippen LogP contribution is 2.26. The smallest absolute Gasteiger partial charge is 0.151 e. The van der Waals surface area contributed by atoms with E-state index in [1.807, 2.05) is 12.3 Å². The number of rotatable bonds is 1. The summed E-state index contributed by atoms with van der Waals surface area (Å²) in [5, 5.41) is 3.44. The second kappa shape index (κ2) is 3.86. The molecule has 1 aliphatic heterocycles. The van der Waals surface area contributed by atoms with Crippen molar-refractivity contribution >= 4 is 11.5 Å². The Kier molecular flexibility index (Phi) is 2.57. The second-order valence-electron chi connectivity index (χ2n) is 3.90. The molecule has 3 heteroatoms. The van der Waals surface area contributed by atoms with Gasteiger partial charge >= 0.3 is 0 Å². The van der Waals surface area contributed by atoms with E-state index in [1.54, 1.807) is 0 Å². The maximum Gasteiger partial charge on any atom is 0.151 e. The molecule has 0 fully saturated rings. The molecule has 76 valence electrons. The highest BCUT2D eigenvalue weighted by molar-refractivity contribution is 5.66. The number of nitrogens with one attached hydrogen (secondary N) is 1. The topological polar surface area (TPSA) is 28.2 Å². The number of anilines is 2. The first kappa shape index (κ1) is 9.31. The quantitative estimate of drug-likeness (QED) is 0.735. The Morgan fingerprint density at radius 3 is 3.29 bits per heavy atom. The van der Waals surface area contributed by atoms with Crippen molar-refractivity contribution in [2.24, 2.45) is 5.92 Å². The van der Waals surface area contributed by atoms with Crippen molar-refractivity contribution in [3.8, 4) is 0 Å². The van der Waals surface area contributed by atoms with Gasteiger partial charge in [0.2, 0.25) is 0 Å². The minimum absolute atomic E-state index is 0.671. The van der Waals surface area contributed by atoms with Gasteiger partial charge in [0.15, 0.2) is 5.82 Å². The summed E-state index contributed by atoms with van der Waals surface area (Å²) in [5.74, 6) is 1.77. The van der Waals surface area contributed by atoms with Gasteiger partial charge in [-0.1, -0.05) is 6.92 Å². The summed E-state index contributed by atoms with van der Waals surface area (Å²) in [6.45, 7) is 7.59. The fraction of sp³-hybridized carbons (Fsp3) is 0.545. The minimum Gasteiger partial charge on any atom is -0.382 e. The fourth-order valence-electron chi connectivity index (χ4n) is 1.88. The van der Waals surface area contributed by atoms with Gasteiger partial charge in [-0.2, -0.15) is 0 Å². The summed E-state index contributed by atoms with van der Waals surface area (Å²) < 4.78 is 0. The van der Waals surface area contributed by atoms with E-state index in [0.717, 1.165) is 25.5 Å². The van der Waals surface area contributed by atoms with Gasteiger partial charge in [0.25, 0.3) is 0 Å². The van der Waals surface area contributed by atoms with Gasteiger partial charge in [0.1, 0.15) is 0 Å². The summed E-state index contributed by atoms with van der Waals surface area (Å²) in [6, 6.07) is 4.08. The van der Waals surface area contributed by atoms with Gasteiger partial charge in [-0.25, -0.2) is 4.98 Å². The van der Waals surface area contributed by atoms with Crippen molar-refractivity contribution < 1.29 is 0 Å². The summed E-state index contributed by atoms with van der Waals surface area (Å²) in [5.41, 5.74) is 1.17. The van der Waals surface area contributed by atoms with Crippen LogP contribution in [0.25, 0.3) is 0 Å². The zero-order valence-corrected chi connectivity index (χ0v) is 8.83. The standard InChI is InChI=1S/C11H17N3/c1-3-14-8-9(2)7-13-10-5-4-6-12-11(10)14/h4-6,9,13H,3,7-8H2,1-2H3. The summed E-state index contributed by atoms with van der Waals surface area (Å²) >= 11 is 0. The molecule has 1 aromatic rings. The van der Waals surface area contributed by atoms with Crippen LogP contribution in [-0.2, 0) is 0 Å². The first-order chi connectivity index (χ1) is 6.81.